The number of nitrogens with zero attached hydrogens (tertiary/aromatic N) is 2. The van der Waals surface area contributed by atoms with Gasteiger partial charge in [0.1, 0.15) is 12.2 Å². The molecule has 2 heterocycles. The van der Waals surface area contributed by atoms with E-state index in [2.05, 4.69) is 18.2 Å². The number of carbonyl (C=O) groups excluding carboxylic acids is 3. The number of allylic oxidation sites excluding steroid dienone is 4. The number of amides is 1. The van der Waals surface area contributed by atoms with Crippen LogP contribution in [0.15, 0.2) is 65.9 Å². The van der Waals surface area contributed by atoms with Gasteiger partial charge in [0, 0.05) is 46.6 Å². The van der Waals surface area contributed by atoms with Crippen molar-refractivity contribution in [3.8, 4) is 0 Å². The molecule has 5 aliphatic carbocycles. The standard InChI is InChI=1S/C22H23ClN2O2.C22H29FO5/c1-2-27-22(26)25-12-9-15(10-13-25)20-19-8-7-18(23)14-17(19)6-5-16-4-3-11-24-21(16)20;1-12-8-16-15-5-4-13-9-14(25)6-7-19(13,2)21(15,23)17(26)10-20(16,3)22(12,28)18(27)11-24/h3-4,7-8,11,14H,2,5-6,9-10,12-13H2,1H3;6-7,9,12,15-17,24,26,28H,4-5,8,10-11H2,1-3H3/t;12-,15-,16-,17-,19-,20-,21-,22-/m.0/s1. The maximum atomic E-state index is 16.9. The summed E-state index contributed by atoms with van der Waals surface area (Å²) >= 11 is 6.27. The molecule has 0 bridgehead atoms. The van der Waals surface area contributed by atoms with Crippen LogP contribution in [0.4, 0.5) is 9.18 Å². The Hall–Kier alpha value is -3.70. The molecule has 0 spiro atoms. The highest BCUT2D eigenvalue weighted by molar-refractivity contribution is 6.30. The van der Waals surface area contributed by atoms with Crippen molar-refractivity contribution in [1.82, 2.24) is 9.88 Å². The highest BCUT2D eigenvalue weighted by Gasteiger charge is 2.75. The van der Waals surface area contributed by atoms with E-state index in [1.165, 1.54) is 40.0 Å². The molecule has 8 atom stereocenters. The number of aliphatic hydroxyl groups is 3. The van der Waals surface area contributed by atoms with Gasteiger partial charge in [-0.1, -0.05) is 54.8 Å². The second-order valence-electron chi connectivity index (χ2n) is 16.7. The average molecular weight is 775 g/mol. The number of hydrogen-bond donors (Lipinski definition) is 3. The highest BCUT2D eigenvalue weighted by atomic mass is 35.5. The number of aliphatic hydroxyl groups excluding tert-OH is 2. The SMILES string of the molecule is CCOC(=O)N1CCC(=C2c3ccc(Cl)cc3CCc3cccnc32)CC1.C[C@H]1C[C@H]2[C@@H]3CCC4=CC(=O)C=C[C@]4(C)[C@@]3(F)[C@@H](O)C[C@]2(C)[C@@]1(O)C(=O)CO. The fraction of sp³-hybridized carbons (Fsp3) is 0.545. The highest BCUT2D eigenvalue weighted by Crippen LogP contribution is 2.70. The topological polar surface area (TPSA) is 137 Å². The lowest BCUT2D eigenvalue weighted by Gasteiger charge is -2.62. The fourth-order valence-corrected chi connectivity index (χ4v) is 11.5. The number of pyridine rings is 1. The van der Waals surface area contributed by atoms with E-state index in [9.17, 15) is 29.7 Å². The van der Waals surface area contributed by atoms with Gasteiger partial charge >= 0.3 is 6.09 Å². The number of alkyl halides is 1. The van der Waals surface area contributed by atoms with Crippen molar-refractivity contribution >= 4 is 34.8 Å². The molecule has 3 N–H and O–H groups in total. The molecule has 2 aromatic rings. The molecule has 1 amide bonds. The van der Waals surface area contributed by atoms with Crippen LogP contribution in [0.2, 0.25) is 5.02 Å². The Labute approximate surface area is 327 Å². The minimum absolute atomic E-state index is 0.0676. The number of ether oxygens (including phenoxy) is 1. The number of carbonyl (C=O) groups is 3. The Kier molecular flexibility index (Phi) is 10.5. The summed E-state index contributed by atoms with van der Waals surface area (Å²) in [7, 11) is 0. The minimum atomic E-state index is -1.98. The van der Waals surface area contributed by atoms with E-state index in [0.29, 0.717) is 44.5 Å². The Morgan fingerprint density at radius 2 is 1.80 bits per heavy atom. The van der Waals surface area contributed by atoms with Crippen molar-refractivity contribution in [3.63, 3.8) is 0 Å². The lowest BCUT2D eigenvalue weighted by molar-refractivity contribution is -0.219. The summed E-state index contributed by atoms with van der Waals surface area (Å²) in [5.74, 6) is -2.12. The summed E-state index contributed by atoms with van der Waals surface area (Å²) in [4.78, 5) is 43.0. The minimum Gasteiger partial charge on any atom is -0.450 e. The van der Waals surface area contributed by atoms with Crippen LogP contribution in [0, 0.1) is 28.6 Å². The van der Waals surface area contributed by atoms with Gasteiger partial charge in [-0.3, -0.25) is 14.6 Å². The molecular weight excluding hydrogens is 723 g/mol. The number of piperidine rings is 1. The van der Waals surface area contributed by atoms with E-state index in [-0.39, 0.29) is 24.2 Å². The van der Waals surface area contributed by atoms with Gasteiger partial charge in [0.25, 0.3) is 0 Å². The Morgan fingerprint density at radius 1 is 1.07 bits per heavy atom. The van der Waals surface area contributed by atoms with Crippen LogP contribution in [0.25, 0.3) is 5.57 Å². The van der Waals surface area contributed by atoms with Crippen molar-refractivity contribution < 1.29 is 38.8 Å². The van der Waals surface area contributed by atoms with E-state index < -0.39 is 52.4 Å². The number of Topliss-reactive ketones (excluding diaryl/α,β-unsaturated/α-hetero) is 1. The van der Waals surface area contributed by atoms with Crippen LogP contribution in [-0.4, -0.2) is 86.5 Å². The first-order valence-electron chi connectivity index (χ1n) is 19.7. The third-order valence-electron chi connectivity index (χ3n) is 14.2. The van der Waals surface area contributed by atoms with Crippen molar-refractivity contribution in [2.75, 3.05) is 26.3 Å². The first kappa shape index (κ1) is 39.5. The van der Waals surface area contributed by atoms with Crippen molar-refractivity contribution in [2.45, 2.75) is 96.4 Å². The van der Waals surface area contributed by atoms with Gasteiger partial charge in [-0.25, -0.2) is 9.18 Å². The van der Waals surface area contributed by atoms with Crippen LogP contribution >= 0.6 is 11.6 Å². The molecule has 1 aromatic heterocycles. The van der Waals surface area contributed by atoms with Crippen molar-refractivity contribution in [3.05, 3.63) is 93.3 Å². The Bertz CT molecular complexity index is 1990. The summed E-state index contributed by atoms with van der Waals surface area (Å²) in [6.07, 6.45) is 9.69. The van der Waals surface area contributed by atoms with E-state index in [0.717, 1.165) is 36.4 Å². The monoisotopic (exact) mass is 774 g/mol. The van der Waals surface area contributed by atoms with Crippen LogP contribution in [0.3, 0.4) is 0 Å². The number of ketones is 2. The number of halogens is 2. The summed E-state index contributed by atoms with van der Waals surface area (Å²) in [6, 6.07) is 10.3. The first-order chi connectivity index (χ1) is 26.1. The van der Waals surface area contributed by atoms with Gasteiger partial charge in [-0.2, -0.15) is 0 Å². The Morgan fingerprint density at radius 3 is 2.51 bits per heavy atom. The van der Waals surface area contributed by atoms with Crippen LogP contribution < -0.4 is 0 Å². The van der Waals surface area contributed by atoms with Gasteiger partial charge in [0.05, 0.1) is 18.4 Å². The summed E-state index contributed by atoms with van der Waals surface area (Å²) in [6.45, 7) is 8.10. The predicted molar refractivity (Wildman–Crippen MR) is 207 cm³/mol. The lowest BCUT2D eigenvalue weighted by atomic mass is 9.44. The molecule has 3 saturated carbocycles. The lowest BCUT2D eigenvalue weighted by Crippen LogP contribution is -2.69. The number of hydrogen-bond acceptors (Lipinski definition) is 8. The summed E-state index contributed by atoms with van der Waals surface area (Å²) in [5.41, 5.74) is 2.29. The maximum Gasteiger partial charge on any atom is 0.409 e. The third-order valence-corrected chi connectivity index (χ3v) is 14.4. The molecular formula is C44H52ClFN2O7. The molecule has 0 radical (unpaired) electrons. The zero-order valence-corrected chi connectivity index (χ0v) is 32.9. The second-order valence-corrected chi connectivity index (χ2v) is 17.2. The number of aryl methyl sites for hydroxylation is 2. The molecule has 1 aliphatic heterocycles. The molecule has 6 aliphatic rings. The van der Waals surface area contributed by atoms with Gasteiger partial charge in [-0.15, -0.1) is 0 Å². The van der Waals surface area contributed by atoms with Gasteiger partial charge < -0.3 is 25.0 Å². The van der Waals surface area contributed by atoms with Crippen molar-refractivity contribution in [1.29, 1.82) is 0 Å². The van der Waals surface area contributed by atoms with Crippen LogP contribution in [0.5, 0.6) is 0 Å². The van der Waals surface area contributed by atoms with Gasteiger partial charge in [-0.05, 0) is 124 Å². The Balaban J connectivity index is 0.000000169. The molecule has 55 heavy (non-hydrogen) atoms. The van der Waals surface area contributed by atoms with E-state index in [1.54, 1.807) is 31.7 Å². The average Bonchev–Trinajstić information content (AvgIpc) is 3.27. The summed E-state index contributed by atoms with van der Waals surface area (Å²) in [5, 5.41) is 32.7. The quantitative estimate of drug-likeness (QED) is 0.311. The molecule has 11 heteroatoms. The number of likely N-dealkylation sites (tertiary alicyclic amines) is 1. The normalized spacial score (nSPS) is 34.8. The molecule has 1 saturated heterocycles. The number of rotatable bonds is 3. The molecule has 0 unspecified atom stereocenters. The zero-order valence-electron chi connectivity index (χ0n) is 32.1. The van der Waals surface area contributed by atoms with E-state index >= 15 is 4.39 Å². The zero-order chi connectivity index (χ0) is 39.5. The summed E-state index contributed by atoms with van der Waals surface area (Å²) < 4.78 is 22.0. The fourth-order valence-electron chi connectivity index (χ4n) is 11.3. The van der Waals surface area contributed by atoms with E-state index in [4.69, 9.17) is 21.3 Å². The molecule has 8 rings (SSSR count). The molecule has 1 aromatic carbocycles. The second kappa shape index (κ2) is 14.7. The maximum absolute atomic E-state index is 16.9. The number of fused-ring (bicyclic) bond motifs is 7. The smallest absolute Gasteiger partial charge is 0.409 e. The van der Waals surface area contributed by atoms with E-state index in [1.807, 2.05) is 25.3 Å². The molecule has 9 nitrogen and oxygen atoms in total. The molecule has 4 fully saturated rings. The number of aromatic nitrogens is 1. The van der Waals surface area contributed by atoms with Crippen LogP contribution in [0.1, 0.15) is 88.6 Å². The molecule has 294 valence electrons. The van der Waals surface area contributed by atoms with Crippen LogP contribution in [-0.2, 0) is 27.2 Å². The van der Waals surface area contributed by atoms with Gasteiger partial charge in [0.15, 0.2) is 17.2 Å². The third kappa shape index (κ3) is 6.14. The predicted octanol–water partition coefficient (Wildman–Crippen LogP) is 6.78. The van der Waals surface area contributed by atoms with Gasteiger partial charge in [0.2, 0.25) is 0 Å². The largest absolute Gasteiger partial charge is 0.450 e. The number of benzene rings is 1. The first-order valence-corrected chi connectivity index (χ1v) is 20.1. The van der Waals surface area contributed by atoms with Crippen molar-refractivity contribution in [2.24, 2.45) is 28.6 Å².